The molecule has 1 N–H and O–H groups in total. The Balaban J connectivity index is 1.43. The number of benzene rings is 3. The fourth-order valence-corrected chi connectivity index (χ4v) is 3.67. The highest BCUT2D eigenvalue weighted by Crippen LogP contribution is 2.31. The lowest BCUT2D eigenvalue weighted by Crippen LogP contribution is -2.32. The molecule has 4 rings (SSSR count). The summed E-state index contributed by atoms with van der Waals surface area (Å²) in [5, 5.41) is 2.62. The molecular formula is C27H21ClN2O6. The van der Waals surface area contributed by atoms with Crippen molar-refractivity contribution in [1.29, 1.82) is 0 Å². The van der Waals surface area contributed by atoms with Gasteiger partial charge in [0.05, 0.1) is 17.9 Å². The summed E-state index contributed by atoms with van der Waals surface area (Å²) in [5.41, 5.74) is 1.51. The van der Waals surface area contributed by atoms with E-state index in [0.717, 1.165) is 4.90 Å². The van der Waals surface area contributed by atoms with Crippen molar-refractivity contribution in [2.75, 3.05) is 16.8 Å². The number of ether oxygens (including phenoxy) is 2. The second-order valence-corrected chi connectivity index (χ2v) is 8.11. The van der Waals surface area contributed by atoms with Crippen LogP contribution in [0.3, 0.4) is 0 Å². The fraction of sp³-hybridized carbons (Fsp3) is 0.111. The first-order chi connectivity index (χ1) is 17.3. The van der Waals surface area contributed by atoms with E-state index in [1.807, 2.05) is 6.92 Å². The molecule has 36 heavy (non-hydrogen) atoms. The van der Waals surface area contributed by atoms with E-state index in [0.29, 0.717) is 35.0 Å². The summed E-state index contributed by atoms with van der Waals surface area (Å²) >= 11 is 6.19. The van der Waals surface area contributed by atoms with Crippen LogP contribution in [0.1, 0.15) is 34.6 Å². The first-order valence-corrected chi connectivity index (χ1v) is 11.4. The van der Waals surface area contributed by atoms with Crippen molar-refractivity contribution in [3.8, 4) is 11.5 Å². The first kappa shape index (κ1) is 24.7. The fourth-order valence-electron chi connectivity index (χ4n) is 3.46. The standard InChI is InChI=1S/C27H21ClN2O6/c1-3-35-21-14-10-20(11-15-21)30-25(32)23(28)24(26(30)33)29-19-8-4-18(5-9-19)27(34)36-22-12-6-17(7-13-22)16(2)31/h4-15,29H,3H2,1-2H3. The number of amides is 2. The maximum atomic E-state index is 13.0. The van der Waals surface area contributed by atoms with Gasteiger partial charge in [-0.3, -0.25) is 14.4 Å². The largest absolute Gasteiger partial charge is 0.494 e. The number of carbonyl (C=O) groups is 4. The Labute approximate surface area is 212 Å². The second kappa shape index (κ2) is 10.5. The summed E-state index contributed by atoms with van der Waals surface area (Å²) in [7, 11) is 0. The second-order valence-electron chi connectivity index (χ2n) is 7.73. The molecule has 1 heterocycles. The van der Waals surface area contributed by atoms with E-state index in [1.54, 1.807) is 48.5 Å². The number of hydrogen-bond acceptors (Lipinski definition) is 7. The van der Waals surface area contributed by atoms with E-state index >= 15 is 0 Å². The summed E-state index contributed by atoms with van der Waals surface area (Å²) < 4.78 is 10.7. The van der Waals surface area contributed by atoms with Crippen LogP contribution in [-0.2, 0) is 9.59 Å². The van der Waals surface area contributed by atoms with Gasteiger partial charge < -0.3 is 14.8 Å². The van der Waals surface area contributed by atoms with Gasteiger partial charge in [-0.25, -0.2) is 9.69 Å². The molecule has 0 aromatic heterocycles. The van der Waals surface area contributed by atoms with Crippen LogP contribution in [0.5, 0.6) is 11.5 Å². The zero-order chi connectivity index (χ0) is 25.8. The van der Waals surface area contributed by atoms with Gasteiger partial charge in [-0.15, -0.1) is 0 Å². The minimum Gasteiger partial charge on any atom is -0.494 e. The van der Waals surface area contributed by atoms with Crippen LogP contribution in [0.25, 0.3) is 0 Å². The number of rotatable bonds is 8. The van der Waals surface area contributed by atoms with Crippen LogP contribution in [0.4, 0.5) is 11.4 Å². The van der Waals surface area contributed by atoms with E-state index in [4.69, 9.17) is 21.1 Å². The lowest BCUT2D eigenvalue weighted by Gasteiger charge is -2.15. The number of carbonyl (C=O) groups excluding carboxylic acids is 4. The number of hydrogen-bond donors (Lipinski definition) is 1. The first-order valence-electron chi connectivity index (χ1n) is 11.0. The molecule has 9 heteroatoms. The number of esters is 1. The Kier molecular flexibility index (Phi) is 7.17. The maximum Gasteiger partial charge on any atom is 0.343 e. The monoisotopic (exact) mass is 504 g/mol. The van der Waals surface area contributed by atoms with Crippen molar-refractivity contribution in [1.82, 2.24) is 0 Å². The molecule has 0 fully saturated rings. The van der Waals surface area contributed by atoms with Gasteiger partial charge in [0.25, 0.3) is 11.8 Å². The number of anilines is 2. The normalized spacial score (nSPS) is 13.1. The van der Waals surface area contributed by atoms with Gasteiger partial charge in [0.1, 0.15) is 22.2 Å². The van der Waals surface area contributed by atoms with Crippen molar-refractivity contribution in [3.05, 3.63) is 94.7 Å². The summed E-state index contributed by atoms with van der Waals surface area (Å²) in [6, 6.07) is 18.9. The zero-order valence-electron chi connectivity index (χ0n) is 19.4. The van der Waals surface area contributed by atoms with Crippen molar-refractivity contribution in [3.63, 3.8) is 0 Å². The van der Waals surface area contributed by atoms with Crippen molar-refractivity contribution < 1.29 is 28.7 Å². The Bertz CT molecular complexity index is 1360. The molecule has 182 valence electrons. The van der Waals surface area contributed by atoms with Crippen LogP contribution in [-0.4, -0.2) is 30.2 Å². The number of halogens is 1. The molecular weight excluding hydrogens is 484 g/mol. The molecule has 0 bridgehead atoms. The summed E-state index contributed by atoms with van der Waals surface area (Å²) in [5.74, 6) is -1.02. The maximum absolute atomic E-state index is 13.0. The smallest absolute Gasteiger partial charge is 0.343 e. The highest BCUT2D eigenvalue weighted by molar-refractivity contribution is 6.53. The minimum absolute atomic E-state index is 0.0727. The highest BCUT2D eigenvalue weighted by Gasteiger charge is 2.39. The van der Waals surface area contributed by atoms with Crippen LogP contribution in [0, 0.1) is 0 Å². The highest BCUT2D eigenvalue weighted by atomic mass is 35.5. The molecule has 0 radical (unpaired) electrons. The molecule has 1 aliphatic heterocycles. The molecule has 0 aliphatic carbocycles. The zero-order valence-corrected chi connectivity index (χ0v) is 20.2. The molecule has 3 aromatic carbocycles. The van der Waals surface area contributed by atoms with Gasteiger partial charge >= 0.3 is 5.97 Å². The van der Waals surface area contributed by atoms with E-state index < -0.39 is 17.8 Å². The molecule has 3 aromatic rings. The van der Waals surface area contributed by atoms with Crippen LogP contribution >= 0.6 is 11.6 Å². The topological polar surface area (TPSA) is 102 Å². The number of nitrogens with one attached hydrogen (secondary N) is 1. The molecule has 8 nitrogen and oxygen atoms in total. The van der Waals surface area contributed by atoms with Gasteiger partial charge in [-0.2, -0.15) is 0 Å². The molecule has 1 aliphatic rings. The average molecular weight is 505 g/mol. The number of nitrogens with zero attached hydrogens (tertiary/aromatic N) is 1. The number of ketones is 1. The summed E-state index contributed by atoms with van der Waals surface area (Å²) in [6.45, 7) is 3.80. The predicted octanol–water partition coefficient (Wildman–Crippen LogP) is 4.94. The Morgan fingerprint density at radius 3 is 2.00 bits per heavy atom. The SMILES string of the molecule is CCOc1ccc(N2C(=O)C(Cl)=C(Nc3ccc(C(=O)Oc4ccc(C(C)=O)cc4)cc3)C2=O)cc1. The third-order valence-corrected chi connectivity index (χ3v) is 5.65. The van der Waals surface area contributed by atoms with Crippen LogP contribution in [0.15, 0.2) is 83.5 Å². The third-order valence-electron chi connectivity index (χ3n) is 5.29. The lowest BCUT2D eigenvalue weighted by atomic mass is 10.1. The van der Waals surface area contributed by atoms with Gasteiger partial charge in [-0.05, 0) is 86.6 Å². The van der Waals surface area contributed by atoms with Crippen molar-refractivity contribution in [2.24, 2.45) is 0 Å². The molecule has 2 amide bonds. The van der Waals surface area contributed by atoms with Gasteiger partial charge in [-0.1, -0.05) is 11.6 Å². The molecule has 0 saturated carbocycles. The summed E-state index contributed by atoms with van der Waals surface area (Å²) in [4.78, 5) is 50.4. The number of Topliss-reactive ketones (excluding diaryl/α,β-unsaturated/α-hetero) is 1. The third kappa shape index (κ3) is 5.13. The Morgan fingerprint density at radius 1 is 0.833 bits per heavy atom. The Morgan fingerprint density at radius 2 is 1.42 bits per heavy atom. The molecule has 0 saturated heterocycles. The predicted molar refractivity (Wildman–Crippen MR) is 134 cm³/mol. The number of imide groups is 1. The quantitative estimate of drug-likeness (QED) is 0.200. The van der Waals surface area contributed by atoms with Gasteiger partial charge in [0.2, 0.25) is 0 Å². The van der Waals surface area contributed by atoms with E-state index in [9.17, 15) is 19.2 Å². The molecule has 0 atom stereocenters. The van der Waals surface area contributed by atoms with Crippen LogP contribution in [0.2, 0.25) is 0 Å². The average Bonchev–Trinajstić information content (AvgIpc) is 3.08. The lowest BCUT2D eigenvalue weighted by molar-refractivity contribution is -0.120. The molecule has 0 spiro atoms. The Hall–Kier alpha value is -4.43. The van der Waals surface area contributed by atoms with E-state index in [1.165, 1.54) is 31.2 Å². The van der Waals surface area contributed by atoms with Gasteiger partial charge in [0, 0.05) is 11.3 Å². The summed E-state index contributed by atoms with van der Waals surface area (Å²) in [6.07, 6.45) is 0. The minimum atomic E-state index is -0.649. The van der Waals surface area contributed by atoms with E-state index in [2.05, 4.69) is 5.32 Å². The van der Waals surface area contributed by atoms with Gasteiger partial charge in [0.15, 0.2) is 5.78 Å². The van der Waals surface area contributed by atoms with E-state index in [-0.39, 0.29) is 22.1 Å². The van der Waals surface area contributed by atoms with Crippen molar-refractivity contribution >= 4 is 46.5 Å². The molecule has 0 unspecified atom stereocenters. The van der Waals surface area contributed by atoms with Crippen LogP contribution < -0.4 is 19.7 Å². The van der Waals surface area contributed by atoms with Crippen molar-refractivity contribution in [2.45, 2.75) is 13.8 Å².